The molecule has 0 saturated carbocycles. The maximum atomic E-state index is 13.1. The molecule has 2 aromatic rings. The van der Waals surface area contributed by atoms with Crippen molar-refractivity contribution >= 4 is 21.4 Å². The van der Waals surface area contributed by atoms with Crippen LogP contribution >= 0.6 is 11.3 Å². The van der Waals surface area contributed by atoms with Crippen LogP contribution in [-0.2, 0) is 10.0 Å². The monoisotopic (exact) mass is 322 g/mol. The quantitative estimate of drug-likeness (QED) is 0.880. The standard InChI is InChI=1S/C11H9F3N2O2S2/c1-6(11-15-2-3-19-11)16-20(17,18)7-4-8(12)10(14)9(13)5-7/h2-6,16H,1H3/t6-/m0/s1. The zero-order chi connectivity index (χ0) is 14.9. The van der Waals surface area contributed by atoms with E-state index in [0.717, 1.165) is 0 Å². The molecule has 0 aliphatic rings. The maximum Gasteiger partial charge on any atom is 0.241 e. The van der Waals surface area contributed by atoms with E-state index in [9.17, 15) is 21.6 Å². The Morgan fingerprint density at radius 2 is 1.85 bits per heavy atom. The topological polar surface area (TPSA) is 59.1 Å². The number of nitrogens with zero attached hydrogens (tertiary/aromatic N) is 1. The van der Waals surface area contributed by atoms with Crippen molar-refractivity contribution in [3.05, 3.63) is 46.2 Å². The minimum Gasteiger partial charge on any atom is -0.248 e. The molecule has 0 spiro atoms. The molecular weight excluding hydrogens is 313 g/mol. The molecule has 9 heteroatoms. The van der Waals surface area contributed by atoms with Crippen LogP contribution < -0.4 is 4.72 Å². The molecule has 1 aromatic carbocycles. The van der Waals surface area contributed by atoms with E-state index in [2.05, 4.69) is 9.71 Å². The van der Waals surface area contributed by atoms with Gasteiger partial charge in [0.25, 0.3) is 0 Å². The largest absolute Gasteiger partial charge is 0.248 e. The summed E-state index contributed by atoms with van der Waals surface area (Å²) in [5.41, 5.74) is 0. The van der Waals surface area contributed by atoms with E-state index >= 15 is 0 Å². The van der Waals surface area contributed by atoms with Gasteiger partial charge in [0, 0.05) is 11.6 Å². The predicted octanol–water partition coefficient (Wildman–Crippen LogP) is 2.60. The van der Waals surface area contributed by atoms with Gasteiger partial charge in [0.05, 0.1) is 10.9 Å². The van der Waals surface area contributed by atoms with Crippen molar-refractivity contribution in [1.82, 2.24) is 9.71 Å². The van der Waals surface area contributed by atoms with Gasteiger partial charge in [-0.15, -0.1) is 11.3 Å². The van der Waals surface area contributed by atoms with Gasteiger partial charge in [-0.1, -0.05) is 0 Å². The van der Waals surface area contributed by atoms with Gasteiger partial charge in [0.1, 0.15) is 5.01 Å². The van der Waals surface area contributed by atoms with Crippen molar-refractivity contribution in [2.24, 2.45) is 0 Å². The summed E-state index contributed by atoms with van der Waals surface area (Å²) in [6, 6.07) is 0.182. The SMILES string of the molecule is C[C@H](NS(=O)(=O)c1cc(F)c(F)c(F)c1)c1nccs1. The first kappa shape index (κ1) is 14.9. The van der Waals surface area contributed by atoms with E-state index in [1.807, 2.05) is 0 Å². The fourth-order valence-corrected chi connectivity index (χ4v) is 3.44. The minimum absolute atomic E-state index is 0.426. The molecule has 2 rings (SSSR count). The zero-order valence-electron chi connectivity index (χ0n) is 10.1. The maximum absolute atomic E-state index is 13.1. The summed E-state index contributed by atoms with van der Waals surface area (Å²) in [5.74, 6) is -4.84. The summed E-state index contributed by atoms with van der Waals surface area (Å²) >= 11 is 1.23. The highest BCUT2D eigenvalue weighted by Gasteiger charge is 2.23. The van der Waals surface area contributed by atoms with Gasteiger partial charge >= 0.3 is 0 Å². The highest BCUT2D eigenvalue weighted by Crippen LogP contribution is 2.21. The summed E-state index contributed by atoms with van der Waals surface area (Å²) in [7, 11) is -4.18. The van der Waals surface area contributed by atoms with Crippen LogP contribution in [0.15, 0.2) is 28.6 Å². The van der Waals surface area contributed by atoms with E-state index in [-0.39, 0.29) is 0 Å². The zero-order valence-corrected chi connectivity index (χ0v) is 11.7. The Labute approximate surface area is 117 Å². The molecule has 0 fully saturated rings. The van der Waals surface area contributed by atoms with E-state index in [1.165, 1.54) is 24.5 Å². The van der Waals surface area contributed by atoms with Crippen molar-refractivity contribution in [3.63, 3.8) is 0 Å². The number of hydrogen-bond donors (Lipinski definition) is 1. The molecule has 0 saturated heterocycles. The molecule has 4 nitrogen and oxygen atoms in total. The fraction of sp³-hybridized carbons (Fsp3) is 0.182. The molecule has 1 heterocycles. The number of hydrogen-bond acceptors (Lipinski definition) is 4. The average molecular weight is 322 g/mol. The third-order valence-corrected chi connectivity index (χ3v) is 4.90. The van der Waals surface area contributed by atoms with Crippen LogP contribution in [-0.4, -0.2) is 13.4 Å². The lowest BCUT2D eigenvalue weighted by Gasteiger charge is -2.12. The molecule has 1 atom stereocenters. The lowest BCUT2D eigenvalue weighted by atomic mass is 10.3. The van der Waals surface area contributed by atoms with Crippen molar-refractivity contribution in [2.45, 2.75) is 17.9 Å². The molecule has 1 N–H and O–H groups in total. The Kier molecular flexibility index (Phi) is 4.11. The molecule has 0 bridgehead atoms. The molecule has 0 amide bonds. The van der Waals surface area contributed by atoms with Crippen LogP contribution in [0.1, 0.15) is 18.0 Å². The van der Waals surface area contributed by atoms with Crippen LogP contribution in [0.4, 0.5) is 13.2 Å². The van der Waals surface area contributed by atoms with Crippen LogP contribution in [0, 0.1) is 17.5 Å². The molecule has 20 heavy (non-hydrogen) atoms. The number of sulfonamides is 1. The second kappa shape index (κ2) is 5.51. The molecule has 0 radical (unpaired) electrons. The lowest BCUT2D eigenvalue weighted by molar-refractivity contribution is 0.442. The van der Waals surface area contributed by atoms with Crippen molar-refractivity contribution in [1.29, 1.82) is 0 Å². The van der Waals surface area contributed by atoms with Gasteiger partial charge < -0.3 is 0 Å². The minimum atomic E-state index is -4.18. The molecule has 0 aliphatic carbocycles. The highest BCUT2D eigenvalue weighted by atomic mass is 32.2. The normalized spacial score (nSPS) is 13.4. The van der Waals surface area contributed by atoms with Gasteiger partial charge in [-0.3, -0.25) is 0 Å². The number of halogens is 3. The molecule has 0 unspecified atom stereocenters. The lowest BCUT2D eigenvalue weighted by Crippen LogP contribution is -2.27. The highest BCUT2D eigenvalue weighted by molar-refractivity contribution is 7.89. The summed E-state index contributed by atoms with van der Waals surface area (Å²) in [6.45, 7) is 1.53. The number of rotatable bonds is 4. The van der Waals surface area contributed by atoms with Crippen LogP contribution in [0.3, 0.4) is 0 Å². The number of benzene rings is 1. The van der Waals surface area contributed by atoms with E-state index in [1.54, 1.807) is 5.38 Å². The number of nitrogens with one attached hydrogen (secondary N) is 1. The Hall–Kier alpha value is -1.45. The molecule has 0 aliphatic heterocycles. The first-order valence-corrected chi connectivity index (χ1v) is 7.74. The Bertz CT molecular complexity index is 694. The molecule has 1 aromatic heterocycles. The predicted molar refractivity (Wildman–Crippen MR) is 67.2 cm³/mol. The number of aromatic nitrogens is 1. The summed E-state index contributed by atoms with van der Waals surface area (Å²) in [5, 5.41) is 2.16. The van der Waals surface area contributed by atoms with Gasteiger partial charge in [0.15, 0.2) is 17.5 Å². The first-order valence-electron chi connectivity index (χ1n) is 5.37. The average Bonchev–Trinajstić information content (AvgIpc) is 2.88. The van der Waals surface area contributed by atoms with Gasteiger partial charge in [-0.25, -0.2) is 31.3 Å². The van der Waals surface area contributed by atoms with Gasteiger partial charge in [-0.05, 0) is 19.1 Å². The van der Waals surface area contributed by atoms with Crippen LogP contribution in [0.25, 0.3) is 0 Å². The van der Waals surface area contributed by atoms with Gasteiger partial charge in [0.2, 0.25) is 10.0 Å². The van der Waals surface area contributed by atoms with E-state index in [0.29, 0.717) is 17.1 Å². The van der Waals surface area contributed by atoms with Crippen molar-refractivity contribution in [3.8, 4) is 0 Å². The second-order valence-electron chi connectivity index (χ2n) is 3.91. The van der Waals surface area contributed by atoms with E-state index < -0.39 is 38.4 Å². The Balaban J connectivity index is 2.31. The van der Waals surface area contributed by atoms with Gasteiger partial charge in [-0.2, -0.15) is 0 Å². The smallest absolute Gasteiger partial charge is 0.241 e. The van der Waals surface area contributed by atoms with Crippen molar-refractivity contribution < 1.29 is 21.6 Å². The third-order valence-electron chi connectivity index (χ3n) is 2.42. The molecule has 108 valence electrons. The number of thiazole rings is 1. The summed E-state index contributed by atoms with van der Waals surface area (Å²) < 4.78 is 65.1. The first-order chi connectivity index (χ1) is 9.31. The fourth-order valence-electron chi connectivity index (χ4n) is 1.49. The summed E-state index contributed by atoms with van der Waals surface area (Å²) in [4.78, 5) is 3.24. The Morgan fingerprint density at radius 3 is 2.35 bits per heavy atom. The Morgan fingerprint density at radius 1 is 1.25 bits per heavy atom. The second-order valence-corrected chi connectivity index (χ2v) is 6.55. The third kappa shape index (κ3) is 3.00. The molecular formula is C11H9F3N2O2S2. The van der Waals surface area contributed by atoms with E-state index in [4.69, 9.17) is 0 Å². The van der Waals surface area contributed by atoms with Crippen molar-refractivity contribution in [2.75, 3.05) is 0 Å². The van der Waals surface area contributed by atoms with Crippen LogP contribution in [0.5, 0.6) is 0 Å². The summed E-state index contributed by atoms with van der Waals surface area (Å²) in [6.07, 6.45) is 1.50. The van der Waals surface area contributed by atoms with Crippen LogP contribution in [0.2, 0.25) is 0 Å².